The Bertz CT molecular complexity index is 588. The van der Waals surface area contributed by atoms with Gasteiger partial charge in [0.25, 0.3) is 0 Å². The highest BCUT2D eigenvalue weighted by Crippen LogP contribution is 2.36. The molecular weight excluding hydrogens is 318 g/mol. The zero-order valence-electron chi connectivity index (χ0n) is 13.6. The number of unbranched alkanes of at least 4 members (excludes halogenated alkanes) is 1. The average Bonchev–Trinajstić information content (AvgIpc) is 2.66. The lowest BCUT2D eigenvalue weighted by Gasteiger charge is -2.23. The summed E-state index contributed by atoms with van der Waals surface area (Å²) in [6.45, 7) is 2.33. The standard InChI is InChI=1S/C17H22ClNO4/c1-3-4-8-23-17(21)11-19-14-10-15(22-2)13(18)9-12(14)6-5-7-16(19)20/h9-10H,3-8,11H2,1-2H3. The Hall–Kier alpha value is -1.75. The smallest absolute Gasteiger partial charge is 0.326 e. The third kappa shape index (κ3) is 4.38. The number of methoxy groups -OCH3 is 1. The van der Waals surface area contributed by atoms with Gasteiger partial charge >= 0.3 is 5.97 Å². The molecule has 23 heavy (non-hydrogen) atoms. The van der Waals surface area contributed by atoms with Crippen molar-refractivity contribution in [2.24, 2.45) is 0 Å². The number of amides is 1. The molecule has 0 radical (unpaired) electrons. The summed E-state index contributed by atoms with van der Waals surface area (Å²) >= 11 is 6.17. The van der Waals surface area contributed by atoms with Gasteiger partial charge in [-0.3, -0.25) is 9.59 Å². The van der Waals surface area contributed by atoms with Crippen LogP contribution in [0.3, 0.4) is 0 Å². The first-order valence-corrected chi connectivity index (χ1v) is 8.27. The van der Waals surface area contributed by atoms with E-state index in [-0.39, 0.29) is 12.5 Å². The molecule has 126 valence electrons. The number of rotatable bonds is 6. The Morgan fingerprint density at radius 3 is 2.83 bits per heavy atom. The number of hydrogen-bond acceptors (Lipinski definition) is 4. The van der Waals surface area contributed by atoms with Gasteiger partial charge < -0.3 is 14.4 Å². The van der Waals surface area contributed by atoms with Crippen LogP contribution < -0.4 is 9.64 Å². The predicted octanol–water partition coefficient (Wildman–Crippen LogP) is 3.36. The van der Waals surface area contributed by atoms with Crippen LogP contribution in [0.4, 0.5) is 5.69 Å². The number of carbonyl (C=O) groups excluding carboxylic acids is 2. The lowest BCUT2D eigenvalue weighted by Crippen LogP contribution is -2.36. The summed E-state index contributed by atoms with van der Waals surface area (Å²) in [4.78, 5) is 25.9. The van der Waals surface area contributed by atoms with Crippen molar-refractivity contribution in [1.82, 2.24) is 0 Å². The number of aryl methyl sites for hydroxylation is 1. The molecule has 0 aromatic heterocycles. The van der Waals surface area contributed by atoms with E-state index >= 15 is 0 Å². The molecule has 1 aliphatic heterocycles. The number of ether oxygens (including phenoxy) is 2. The minimum atomic E-state index is -0.395. The molecule has 1 aliphatic rings. The quantitative estimate of drug-likeness (QED) is 0.589. The third-order valence-electron chi connectivity index (χ3n) is 3.83. The predicted molar refractivity (Wildman–Crippen MR) is 89.2 cm³/mol. The van der Waals surface area contributed by atoms with Gasteiger partial charge in [-0.15, -0.1) is 0 Å². The molecule has 0 unspecified atom stereocenters. The number of fused-ring (bicyclic) bond motifs is 1. The molecule has 0 spiro atoms. The summed E-state index contributed by atoms with van der Waals surface area (Å²) in [5.74, 6) is 0.0126. The number of benzene rings is 1. The van der Waals surface area contributed by atoms with Crippen LogP contribution in [0, 0.1) is 0 Å². The first kappa shape index (κ1) is 17.6. The second-order valence-electron chi connectivity index (χ2n) is 5.52. The molecule has 0 saturated heterocycles. The summed E-state index contributed by atoms with van der Waals surface area (Å²) in [6, 6.07) is 3.53. The molecule has 1 amide bonds. The van der Waals surface area contributed by atoms with Crippen LogP contribution in [0.1, 0.15) is 38.2 Å². The Morgan fingerprint density at radius 2 is 2.13 bits per heavy atom. The number of nitrogens with zero attached hydrogens (tertiary/aromatic N) is 1. The van der Waals surface area contributed by atoms with Crippen LogP contribution >= 0.6 is 11.6 Å². The van der Waals surface area contributed by atoms with E-state index in [4.69, 9.17) is 21.1 Å². The van der Waals surface area contributed by atoms with Gasteiger partial charge in [-0.05, 0) is 30.9 Å². The highest BCUT2D eigenvalue weighted by molar-refractivity contribution is 6.32. The lowest BCUT2D eigenvalue weighted by molar-refractivity contribution is -0.143. The minimum Gasteiger partial charge on any atom is -0.495 e. The summed E-state index contributed by atoms with van der Waals surface area (Å²) in [5, 5.41) is 0.506. The number of esters is 1. The van der Waals surface area contributed by atoms with E-state index in [2.05, 4.69) is 0 Å². The monoisotopic (exact) mass is 339 g/mol. The van der Waals surface area contributed by atoms with Crippen molar-refractivity contribution < 1.29 is 19.1 Å². The van der Waals surface area contributed by atoms with E-state index in [0.717, 1.165) is 31.2 Å². The van der Waals surface area contributed by atoms with Gasteiger partial charge in [0.1, 0.15) is 12.3 Å². The van der Waals surface area contributed by atoms with Crippen molar-refractivity contribution in [3.63, 3.8) is 0 Å². The summed E-state index contributed by atoms with van der Waals surface area (Å²) < 4.78 is 10.4. The van der Waals surface area contributed by atoms with Crippen LogP contribution in [0.15, 0.2) is 12.1 Å². The molecule has 0 fully saturated rings. The number of carbonyl (C=O) groups is 2. The second kappa shape index (κ2) is 8.20. The van der Waals surface area contributed by atoms with Crippen molar-refractivity contribution in [2.75, 3.05) is 25.2 Å². The first-order chi connectivity index (χ1) is 11.1. The summed E-state index contributed by atoms with van der Waals surface area (Å²) in [5.41, 5.74) is 1.63. The molecular formula is C17H22ClNO4. The number of halogens is 1. The highest BCUT2D eigenvalue weighted by Gasteiger charge is 2.26. The Morgan fingerprint density at radius 1 is 1.35 bits per heavy atom. The molecule has 0 N–H and O–H groups in total. The van der Waals surface area contributed by atoms with Crippen molar-refractivity contribution in [1.29, 1.82) is 0 Å². The molecule has 0 bridgehead atoms. The van der Waals surface area contributed by atoms with E-state index in [1.807, 2.05) is 13.0 Å². The maximum Gasteiger partial charge on any atom is 0.326 e. The SMILES string of the molecule is CCCCOC(=O)CN1C(=O)CCCc2cc(Cl)c(OC)cc21. The Kier molecular flexibility index (Phi) is 6.28. The Balaban J connectivity index is 2.24. The highest BCUT2D eigenvalue weighted by atomic mass is 35.5. The van der Waals surface area contributed by atoms with Gasteiger partial charge in [-0.1, -0.05) is 24.9 Å². The zero-order valence-corrected chi connectivity index (χ0v) is 14.3. The maximum absolute atomic E-state index is 12.4. The van der Waals surface area contributed by atoms with E-state index in [9.17, 15) is 9.59 Å². The van der Waals surface area contributed by atoms with Crippen LogP contribution in [0.25, 0.3) is 0 Å². The molecule has 6 heteroatoms. The molecule has 0 saturated carbocycles. The third-order valence-corrected chi connectivity index (χ3v) is 4.13. The topological polar surface area (TPSA) is 55.8 Å². The van der Waals surface area contributed by atoms with E-state index < -0.39 is 5.97 Å². The lowest BCUT2D eigenvalue weighted by atomic mass is 10.1. The van der Waals surface area contributed by atoms with Gasteiger partial charge in [0.05, 0.1) is 24.4 Å². The second-order valence-corrected chi connectivity index (χ2v) is 5.93. The molecule has 1 aromatic rings. The van der Waals surface area contributed by atoms with Crippen molar-refractivity contribution in [3.8, 4) is 5.75 Å². The molecule has 2 rings (SSSR count). The average molecular weight is 340 g/mol. The fraction of sp³-hybridized carbons (Fsp3) is 0.529. The first-order valence-electron chi connectivity index (χ1n) is 7.89. The normalized spacial score (nSPS) is 14.2. The van der Waals surface area contributed by atoms with Crippen molar-refractivity contribution in [2.45, 2.75) is 39.0 Å². The summed E-state index contributed by atoms with van der Waals surface area (Å²) in [7, 11) is 1.52. The van der Waals surface area contributed by atoms with Crippen LogP contribution in [-0.2, 0) is 20.7 Å². The van der Waals surface area contributed by atoms with Crippen LogP contribution in [-0.4, -0.2) is 32.1 Å². The molecule has 1 aromatic carbocycles. The van der Waals surface area contributed by atoms with Crippen LogP contribution in [0.5, 0.6) is 5.75 Å². The van der Waals surface area contributed by atoms with Gasteiger partial charge in [0.15, 0.2) is 0 Å². The van der Waals surface area contributed by atoms with E-state index in [0.29, 0.717) is 29.5 Å². The molecule has 5 nitrogen and oxygen atoms in total. The minimum absolute atomic E-state index is 0.0828. The van der Waals surface area contributed by atoms with Gasteiger partial charge in [0, 0.05) is 12.5 Å². The van der Waals surface area contributed by atoms with Gasteiger partial charge in [0.2, 0.25) is 5.91 Å². The molecule has 0 atom stereocenters. The molecule has 0 aliphatic carbocycles. The summed E-state index contributed by atoms with van der Waals surface area (Å²) in [6.07, 6.45) is 3.65. The molecule has 1 heterocycles. The van der Waals surface area contributed by atoms with Gasteiger partial charge in [-0.2, -0.15) is 0 Å². The Labute approximate surface area is 141 Å². The zero-order chi connectivity index (χ0) is 16.8. The van der Waals surface area contributed by atoms with E-state index in [1.54, 1.807) is 6.07 Å². The number of hydrogen-bond donors (Lipinski definition) is 0. The fourth-order valence-corrected chi connectivity index (χ4v) is 2.83. The van der Waals surface area contributed by atoms with E-state index in [1.165, 1.54) is 12.0 Å². The fourth-order valence-electron chi connectivity index (χ4n) is 2.57. The number of anilines is 1. The van der Waals surface area contributed by atoms with Crippen molar-refractivity contribution in [3.05, 3.63) is 22.7 Å². The van der Waals surface area contributed by atoms with Gasteiger partial charge in [-0.25, -0.2) is 0 Å². The maximum atomic E-state index is 12.4. The van der Waals surface area contributed by atoms with Crippen molar-refractivity contribution >= 4 is 29.2 Å². The van der Waals surface area contributed by atoms with Crippen LogP contribution in [0.2, 0.25) is 5.02 Å². The largest absolute Gasteiger partial charge is 0.495 e.